The molecule has 3 rings (SSSR count). The van der Waals surface area contributed by atoms with E-state index < -0.39 is 17.8 Å². The highest BCUT2D eigenvalue weighted by Crippen LogP contribution is 2.20. The van der Waals surface area contributed by atoms with Gasteiger partial charge >= 0.3 is 0 Å². The van der Waals surface area contributed by atoms with Gasteiger partial charge in [0, 0.05) is 32.2 Å². The van der Waals surface area contributed by atoms with Gasteiger partial charge in [-0.15, -0.1) is 0 Å². The molecule has 1 aromatic carbocycles. The van der Waals surface area contributed by atoms with Gasteiger partial charge in [0.05, 0.1) is 24.3 Å². The van der Waals surface area contributed by atoms with Gasteiger partial charge in [0.25, 0.3) is 11.8 Å². The van der Waals surface area contributed by atoms with Crippen LogP contribution in [0.4, 0.5) is 10.2 Å². The second kappa shape index (κ2) is 12.3. The van der Waals surface area contributed by atoms with Crippen molar-refractivity contribution in [3.05, 3.63) is 52.9 Å². The van der Waals surface area contributed by atoms with E-state index in [1.54, 1.807) is 12.1 Å². The number of carbonyl (C=O) groups is 2. The predicted molar refractivity (Wildman–Crippen MR) is 120 cm³/mol. The molecule has 0 spiro atoms. The summed E-state index contributed by atoms with van der Waals surface area (Å²) in [5.74, 6) is -0.573. The average molecular weight is 481 g/mol. The zero-order valence-electron chi connectivity index (χ0n) is 17.9. The number of halogens is 2. The minimum atomic E-state index is -0.866. The Hall–Kier alpha value is -2.95. The summed E-state index contributed by atoms with van der Waals surface area (Å²) in [5.41, 5.74) is 0.289. The molecule has 1 aliphatic rings. The highest BCUT2D eigenvalue weighted by atomic mass is 35.5. The number of amides is 2. The lowest BCUT2D eigenvalue weighted by atomic mass is 10.2. The van der Waals surface area contributed by atoms with Crippen molar-refractivity contribution in [1.29, 1.82) is 0 Å². The van der Waals surface area contributed by atoms with Gasteiger partial charge in [-0.3, -0.25) is 9.59 Å². The molecule has 2 heterocycles. The molecule has 2 amide bonds. The van der Waals surface area contributed by atoms with E-state index in [4.69, 9.17) is 21.1 Å². The Labute approximate surface area is 195 Å². The van der Waals surface area contributed by atoms with Crippen LogP contribution in [0.15, 0.2) is 36.4 Å². The number of pyridine rings is 1. The summed E-state index contributed by atoms with van der Waals surface area (Å²) < 4.78 is 23.9. The van der Waals surface area contributed by atoms with Crippen LogP contribution in [-0.4, -0.2) is 74.0 Å². The SMILES string of the molecule is O=C(COc1ccc(Cl)c(F)c1)NCC(O)CCNC(=O)c1cccc(N2CCOCC2)n1. The molecule has 1 atom stereocenters. The molecule has 1 aliphatic heterocycles. The maximum atomic E-state index is 13.4. The number of rotatable bonds is 10. The summed E-state index contributed by atoms with van der Waals surface area (Å²) in [6.45, 7) is 2.54. The third kappa shape index (κ3) is 7.85. The summed E-state index contributed by atoms with van der Waals surface area (Å²) in [5, 5.41) is 15.2. The van der Waals surface area contributed by atoms with Crippen LogP contribution < -0.4 is 20.3 Å². The molecule has 178 valence electrons. The zero-order valence-corrected chi connectivity index (χ0v) is 18.7. The fraction of sp³-hybridized carbons (Fsp3) is 0.409. The third-order valence-electron chi connectivity index (χ3n) is 4.86. The molecule has 1 unspecified atom stereocenters. The first kappa shape index (κ1) is 24.7. The summed E-state index contributed by atoms with van der Waals surface area (Å²) in [7, 11) is 0. The lowest BCUT2D eigenvalue weighted by Gasteiger charge is -2.27. The largest absolute Gasteiger partial charge is 0.484 e. The number of anilines is 1. The van der Waals surface area contributed by atoms with Crippen molar-refractivity contribution in [2.75, 3.05) is 50.9 Å². The highest BCUT2D eigenvalue weighted by molar-refractivity contribution is 6.30. The Morgan fingerprint density at radius 1 is 1.24 bits per heavy atom. The summed E-state index contributed by atoms with van der Waals surface area (Å²) in [6, 6.07) is 9.11. The Bertz CT molecular complexity index is 958. The molecule has 1 saturated heterocycles. The molecular formula is C22H26ClFN4O5. The lowest BCUT2D eigenvalue weighted by Crippen LogP contribution is -2.38. The number of ether oxygens (including phenoxy) is 2. The van der Waals surface area contributed by atoms with Crippen LogP contribution in [0.2, 0.25) is 5.02 Å². The van der Waals surface area contributed by atoms with Crippen LogP contribution in [-0.2, 0) is 9.53 Å². The molecule has 33 heavy (non-hydrogen) atoms. The molecule has 1 aromatic heterocycles. The number of aliphatic hydroxyl groups excluding tert-OH is 1. The van der Waals surface area contributed by atoms with Crippen molar-refractivity contribution in [2.45, 2.75) is 12.5 Å². The van der Waals surface area contributed by atoms with Gasteiger partial charge in [0.2, 0.25) is 0 Å². The van der Waals surface area contributed by atoms with Gasteiger partial charge in [0.15, 0.2) is 6.61 Å². The second-order valence-electron chi connectivity index (χ2n) is 7.35. The smallest absolute Gasteiger partial charge is 0.269 e. The Morgan fingerprint density at radius 3 is 2.79 bits per heavy atom. The number of benzene rings is 1. The summed E-state index contributed by atoms with van der Waals surface area (Å²) in [6.07, 6.45) is -0.631. The number of nitrogens with one attached hydrogen (secondary N) is 2. The number of aliphatic hydroxyl groups is 1. The van der Waals surface area contributed by atoms with E-state index in [1.165, 1.54) is 12.1 Å². The normalized spacial score (nSPS) is 14.5. The second-order valence-corrected chi connectivity index (χ2v) is 7.75. The van der Waals surface area contributed by atoms with Gasteiger partial charge in [-0.2, -0.15) is 0 Å². The number of hydrogen-bond acceptors (Lipinski definition) is 7. The lowest BCUT2D eigenvalue weighted by molar-refractivity contribution is -0.123. The van der Waals surface area contributed by atoms with Crippen molar-refractivity contribution in [3.8, 4) is 5.75 Å². The molecule has 1 fully saturated rings. The standard InChI is InChI=1S/C22H26ClFN4O5/c23-17-5-4-16(12-18(17)24)33-14-21(30)26-13-15(29)6-7-25-22(31)19-2-1-3-20(27-19)28-8-10-32-11-9-28/h1-5,12,15,29H,6-11,13-14H2,(H,25,31)(H,26,30). The predicted octanol–water partition coefficient (Wildman–Crippen LogP) is 1.39. The fourth-order valence-corrected chi connectivity index (χ4v) is 3.18. The van der Waals surface area contributed by atoms with Gasteiger partial charge in [-0.25, -0.2) is 9.37 Å². The van der Waals surface area contributed by atoms with Crippen molar-refractivity contribution >= 4 is 29.2 Å². The van der Waals surface area contributed by atoms with Gasteiger partial charge in [0.1, 0.15) is 23.1 Å². The number of hydrogen-bond donors (Lipinski definition) is 3. The van der Waals surface area contributed by atoms with Crippen LogP contribution >= 0.6 is 11.6 Å². The van der Waals surface area contributed by atoms with Crippen LogP contribution in [0.3, 0.4) is 0 Å². The number of nitrogens with zero attached hydrogens (tertiary/aromatic N) is 2. The highest BCUT2D eigenvalue weighted by Gasteiger charge is 2.15. The Morgan fingerprint density at radius 2 is 2.03 bits per heavy atom. The number of aromatic nitrogens is 1. The Balaban J connectivity index is 1.34. The third-order valence-corrected chi connectivity index (χ3v) is 5.17. The van der Waals surface area contributed by atoms with Crippen LogP contribution in [0, 0.1) is 5.82 Å². The minimum absolute atomic E-state index is 0.0161. The van der Waals surface area contributed by atoms with Gasteiger partial charge < -0.3 is 30.1 Å². The Kier molecular flexibility index (Phi) is 9.23. The molecule has 11 heteroatoms. The zero-order chi connectivity index (χ0) is 23.6. The van der Waals surface area contributed by atoms with Crippen molar-refractivity contribution in [2.24, 2.45) is 0 Å². The molecule has 0 aliphatic carbocycles. The fourth-order valence-electron chi connectivity index (χ4n) is 3.06. The molecule has 0 radical (unpaired) electrons. The molecule has 2 aromatic rings. The van der Waals surface area contributed by atoms with E-state index in [9.17, 15) is 19.1 Å². The first-order valence-electron chi connectivity index (χ1n) is 10.5. The molecular weight excluding hydrogens is 455 g/mol. The molecule has 0 bridgehead atoms. The summed E-state index contributed by atoms with van der Waals surface area (Å²) >= 11 is 5.59. The quantitative estimate of drug-likeness (QED) is 0.471. The van der Waals surface area contributed by atoms with E-state index >= 15 is 0 Å². The van der Waals surface area contributed by atoms with Crippen molar-refractivity contribution in [3.63, 3.8) is 0 Å². The first-order valence-corrected chi connectivity index (χ1v) is 10.9. The van der Waals surface area contributed by atoms with Gasteiger partial charge in [-0.1, -0.05) is 17.7 Å². The monoisotopic (exact) mass is 480 g/mol. The molecule has 0 saturated carbocycles. The van der Waals surface area contributed by atoms with E-state index in [1.807, 2.05) is 6.07 Å². The minimum Gasteiger partial charge on any atom is -0.484 e. The van der Waals surface area contributed by atoms with Gasteiger partial charge in [-0.05, 0) is 30.7 Å². The van der Waals surface area contributed by atoms with Crippen LogP contribution in [0.1, 0.15) is 16.9 Å². The van der Waals surface area contributed by atoms with E-state index in [2.05, 4.69) is 20.5 Å². The molecule has 9 nitrogen and oxygen atoms in total. The number of carbonyl (C=O) groups excluding carboxylic acids is 2. The van der Waals surface area contributed by atoms with E-state index in [0.717, 1.165) is 25.0 Å². The summed E-state index contributed by atoms with van der Waals surface area (Å²) in [4.78, 5) is 30.7. The molecule has 3 N–H and O–H groups in total. The average Bonchev–Trinajstić information content (AvgIpc) is 2.84. The van der Waals surface area contributed by atoms with E-state index in [-0.39, 0.29) is 48.5 Å². The van der Waals surface area contributed by atoms with Crippen molar-refractivity contribution in [1.82, 2.24) is 15.6 Å². The maximum absolute atomic E-state index is 13.4. The first-order chi connectivity index (χ1) is 15.9. The topological polar surface area (TPSA) is 113 Å². The van der Waals surface area contributed by atoms with Crippen LogP contribution in [0.25, 0.3) is 0 Å². The maximum Gasteiger partial charge on any atom is 0.269 e. The van der Waals surface area contributed by atoms with Crippen molar-refractivity contribution < 1.29 is 28.6 Å². The van der Waals surface area contributed by atoms with E-state index in [0.29, 0.717) is 13.2 Å². The number of morpholine rings is 1. The van der Waals surface area contributed by atoms with Crippen LogP contribution in [0.5, 0.6) is 5.75 Å².